The number of pyridine rings is 1. The molecule has 0 aliphatic carbocycles. The van der Waals surface area contributed by atoms with E-state index in [4.69, 9.17) is 9.47 Å². The molecule has 3 fully saturated rings. The third-order valence-corrected chi connectivity index (χ3v) is 6.96. The Labute approximate surface area is 179 Å². The molecule has 2 bridgehead atoms. The molecule has 0 radical (unpaired) electrons. The predicted octanol–water partition coefficient (Wildman–Crippen LogP) is 3.34. The summed E-state index contributed by atoms with van der Waals surface area (Å²) < 4.78 is 11.4. The number of fused-ring (bicyclic) bond motifs is 4. The van der Waals surface area contributed by atoms with Crippen LogP contribution in [0.25, 0.3) is 10.9 Å². The van der Waals surface area contributed by atoms with Gasteiger partial charge in [0.05, 0.1) is 18.7 Å². The van der Waals surface area contributed by atoms with Gasteiger partial charge in [0.15, 0.2) is 0 Å². The van der Waals surface area contributed by atoms with Crippen molar-refractivity contribution in [1.29, 1.82) is 0 Å². The Balaban J connectivity index is 1.66. The van der Waals surface area contributed by atoms with E-state index in [1.54, 1.807) is 7.11 Å². The second-order valence-electron chi connectivity index (χ2n) is 9.04. The minimum Gasteiger partial charge on any atom is -0.497 e. The molecule has 0 spiro atoms. The Hall–Kier alpha value is -1.89. The molecule has 3 saturated heterocycles. The molecule has 1 aromatic heterocycles. The van der Waals surface area contributed by atoms with E-state index in [1.807, 2.05) is 38.4 Å². The van der Waals surface area contributed by atoms with Crippen molar-refractivity contribution in [2.24, 2.45) is 11.8 Å². The highest BCUT2D eigenvalue weighted by atomic mass is 16.5. The van der Waals surface area contributed by atoms with Crippen LogP contribution in [0.1, 0.15) is 37.9 Å². The molecular weight excluding hydrogens is 378 g/mol. The topological polar surface area (TPSA) is 58.1 Å². The summed E-state index contributed by atoms with van der Waals surface area (Å²) in [7, 11) is 5.71. The van der Waals surface area contributed by atoms with E-state index in [1.165, 1.54) is 12.8 Å². The minimum absolute atomic E-state index is 0.151. The van der Waals surface area contributed by atoms with Crippen molar-refractivity contribution in [3.63, 3.8) is 0 Å². The molecular formula is C24H35N3O3. The van der Waals surface area contributed by atoms with Gasteiger partial charge < -0.3 is 19.5 Å². The van der Waals surface area contributed by atoms with Gasteiger partial charge in [-0.05, 0) is 69.1 Å². The molecule has 0 saturated carbocycles. The highest BCUT2D eigenvalue weighted by molar-refractivity contribution is 5.84. The van der Waals surface area contributed by atoms with Gasteiger partial charge in [0.25, 0.3) is 0 Å². The van der Waals surface area contributed by atoms with E-state index in [0.717, 1.165) is 60.1 Å². The van der Waals surface area contributed by atoms with Crippen LogP contribution >= 0.6 is 0 Å². The van der Waals surface area contributed by atoms with Crippen LogP contribution in [-0.4, -0.2) is 73.4 Å². The summed E-state index contributed by atoms with van der Waals surface area (Å²) in [6, 6.07) is 7.92. The molecule has 5 rings (SSSR count). The predicted molar refractivity (Wildman–Crippen MR) is 119 cm³/mol. The normalized spacial score (nSPS) is 26.9. The van der Waals surface area contributed by atoms with Gasteiger partial charge in [0, 0.05) is 30.6 Å². The maximum absolute atomic E-state index is 11.6. The smallest absolute Gasteiger partial charge is 0.214 e. The van der Waals surface area contributed by atoms with Gasteiger partial charge in [0.2, 0.25) is 5.88 Å². The molecule has 30 heavy (non-hydrogen) atoms. The van der Waals surface area contributed by atoms with E-state index in [2.05, 4.69) is 21.7 Å². The monoisotopic (exact) mass is 413 g/mol. The number of benzene rings is 1. The van der Waals surface area contributed by atoms with Gasteiger partial charge in [-0.15, -0.1) is 0 Å². The quantitative estimate of drug-likeness (QED) is 0.716. The van der Waals surface area contributed by atoms with E-state index < -0.39 is 6.10 Å². The second-order valence-corrected chi connectivity index (χ2v) is 9.04. The average molecular weight is 414 g/mol. The van der Waals surface area contributed by atoms with Crippen LogP contribution in [0.4, 0.5) is 0 Å². The van der Waals surface area contributed by atoms with Crippen LogP contribution < -0.4 is 9.47 Å². The molecule has 164 valence electrons. The summed E-state index contributed by atoms with van der Waals surface area (Å²) in [6.07, 6.45) is 2.97. The van der Waals surface area contributed by atoms with Crippen LogP contribution in [0.3, 0.4) is 0 Å². The molecule has 0 amide bonds. The summed E-state index contributed by atoms with van der Waals surface area (Å²) >= 11 is 0. The van der Waals surface area contributed by atoms with Gasteiger partial charge in [-0.2, -0.15) is 0 Å². The van der Waals surface area contributed by atoms with Gasteiger partial charge in [0.1, 0.15) is 12.4 Å². The maximum atomic E-state index is 11.6. The molecule has 3 aliphatic rings. The zero-order valence-electron chi connectivity index (χ0n) is 18.7. The molecule has 6 nitrogen and oxygen atoms in total. The molecule has 6 heteroatoms. The second kappa shape index (κ2) is 9.08. The van der Waals surface area contributed by atoms with Gasteiger partial charge >= 0.3 is 0 Å². The SMILES string of the molecule is CC[C@H]1CN2CC[C@H]1C[C@H]2[C@H](O)c1cc(OCCN(C)C)nc2ccc(OC)cc12. The summed E-state index contributed by atoms with van der Waals surface area (Å²) in [5.41, 5.74) is 1.72. The van der Waals surface area contributed by atoms with Crippen molar-refractivity contribution in [1.82, 2.24) is 14.8 Å². The molecule has 2 aromatic rings. The average Bonchev–Trinajstić information content (AvgIpc) is 2.77. The molecule has 1 aromatic carbocycles. The fraction of sp³-hybridized carbons (Fsp3) is 0.625. The number of aromatic nitrogens is 1. The standard InChI is InChI=1S/C24H35N3O3/c1-5-16-15-27-9-8-17(16)12-22(27)24(28)20-14-23(30-11-10-26(2)3)25-21-7-6-18(29-4)13-19(20)21/h6-7,13-14,16-17,22,24,28H,5,8-12,15H2,1-4H3/t16-,17-,22-,24+/m0/s1. The van der Waals surface area contributed by atoms with Gasteiger partial charge in [-0.3, -0.25) is 4.90 Å². The molecule has 1 N–H and O–H groups in total. The van der Waals surface area contributed by atoms with E-state index in [-0.39, 0.29) is 6.04 Å². The number of aliphatic hydroxyl groups is 1. The van der Waals surface area contributed by atoms with Crippen molar-refractivity contribution in [3.8, 4) is 11.6 Å². The highest BCUT2D eigenvalue weighted by Gasteiger charge is 2.42. The van der Waals surface area contributed by atoms with Crippen molar-refractivity contribution in [3.05, 3.63) is 29.8 Å². The zero-order valence-corrected chi connectivity index (χ0v) is 18.7. The van der Waals surface area contributed by atoms with Crippen LogP contribution in [-0.2, 0) is 0 Å². The summed E-state index contributed by atoms with van der Waals surface area (Å²) in [6.45, 7) is 5.85. The summed E-state index contributed by atoms with van der Waals surface area (Å²) in [5.74, 6) is 2.83. The van der Waals surface area contributed by atoms with Crippen LogP contribution in [0, 0.1) is 11.8 Å². The number of ether oxygens (including phenoxy) is 2. The number of rotatable bonds is 8. The number of piperidine rings is 3. The number of hydrogen-bond donors (Lipinski definition) is 1. The number of hydrogen-bond acceptors (Lipinski definition) is 6. The minimum atomic E-state index is -0.570. The first kappa shape index (κ1) is 21.3. The Morgan fingerprint density at radius 2 is 2.13 bits per heavy atom. The lowest BCUT2D eigenvalue weighted by Gasteiger charge is -2.51. The fourth-order valence-corrected chi connectivity index (χ4v) is 5.16. The summed E-state index contributed by atoms with van der Waals surface area (Å²) in [5, 5.41) is 12.5. The van der Waals surface area contributed by atoms with E-state index >= 15 is 0 Å². The first-order valence-electron chi connectivity index (χ1n) is 11.2. The largest absolute Gasteiger partial charge is 0.497 e. The van der Waals surface area contributed by atoms with Crippen molar-refractivity contribution in [2.45, 2.75) is 38.3 Å². The molecule has 4 heterocycles. The Bertz CT molecular complexity index is 872. The number of aliphatic hydroxyl groups excluding tert-OH is 1. The van der Waals surface area contributed by atoms with Crippen LogP contribution in [0.5, 0.6) is 11.6 Å². The third kappa shape index (κ3) is 4.27. The Morgan fingerprint density at radius 3 is 2.80 bits per heavy atom. The first-order valence-corrected chi connectivity index (χ1v) is 11.2. The lowest BCUT2D eigenvalue weighted by atomic mass is 9.72. The fourth-order valence-electron chi connectivity index (χ4n) is 5.16. The lowest BCUT2D eigenvalue weighted by Crippen LogP contribution is -2.55. The number of methoxy groups -OCH3 is 1. The van der Waals surface area contributed by atoms with Crippen molar-refractivity contribution >= 4 is 10.9 Å². The van der Waals surface area contributed by atoms with E-state index in [0.29, 0.717) is 12.5 Å². The lowest BCUT2D eigenvalue weighted by molar-refractivity contribution is -0.0562. The third-order valence-electron chi connectivity index (χ3n) is 6.96. The van der Waals surface area contributed by atoms with Crippen LogP contribution in [0.15, 0.2) is 24.3 Å². The first-order chi connectivity index (χ1) is 14.5. The van der Waals surface area contributed by atoms with E-state index in [9.17, 15) is 5.11 Å². The zero-order chi connectivity index (χ0) is 21.3. The van der Waals surface area contributed by atoms with Crippen molar-refractivity contribution in [2.75, 3.05) is 47.4 Å². The Kier molecular flexibility index (Phi) is 6.46. The summed E-state index contributed by atoms with van der Waals surface area (Å²) in [4.78, 5) is 9.27. The molecule has 3 aliphatic heterocycles. The van der Waals surface area contributed by atoms with Gasteiger partial charge in [-0.1, -0.05) is 13.3 Å². The van der Waals surface area contributed by atoms with Crippen LogP contribution in [0.2, 0.25) is 0 Å². The maximum Gasteiger partial charge on any atom is 0.214 e. The van der Waals surface area contributed by atoms with Crippen molar-refractivity contribution < 1.29 is 14.6 Å². The van der Waals surface area contributed by atoms with Gasteiger partial charge in [-0.25, -0.2) is 4.98 Å². The highest BCUT2D eigenvalue weighted by Crippen LogP contribution is 2.43. The number of nitrogens with zero attached hydrogens (tertiary/aromatic N) is 3. The molecule has 5 atom stereocenters. The molecule has 1 unspecified atom stereocenters. The Morgan fingerprint density at radius 1 is 1.30 bits per heavy atom. The number of likely N-dealkylation sites (N-methyl/N-ethyl adjacent to an activating group) is 1.